The Balaban J connectivity index is 0.000000231. The van der Waals surface area contributed by atoms with Gasteiger partial charge in [0.05, 0.1) is 23.8 Å². The molecule has 2 heterocycles. The second kappa shape index (κ2) is 13.0. The van der Waals surface area contributed by atoms with Crippen molar-refractivity contribution >= 4 is 23.1 Å². The van der Waals surface area contributed by atoms with Crippen molar-refractivity contribution in [1.29, 1.82) is 0 Å². The Bertz CT molecular complexity index is 1680. The molecule has 0 bridgehead atoms. The summed E-state index contributed by atoms with van der Waals surface area (Å²) in [7, 11) is 1.76. The molecule has 3 aromatic carbocycles. The van der Waals surface area contributed by atoms with Crippen LogP contribution in [0.1, 0.15) is 27.7 Å². The van der Waals surface area contributed by atoms with Gasteiger partial charge in [0, 0.05) is 41.0 Å². The lowest BCUT2D eigenvalue weighted by molar-refractivity contribution is -0.108. The van der Waals surface area contributed by atoms with E-state index in [2.05, 4.69) is 10.3 Å². The van der Waals surface area contributed by atoms with Crippen molar-refractivity contribution < 1.29 is 27.2 Å². The molecular weight excluding hydrogens is 536 g/mol. The molecule has 3 N–H and O–H groups in total. The molecule has 6 nitrogen and oxygen atoms in total. The number of nitrogens with two attached hydrogens (primary N) is 1. The highest BCUT2D eigenvalue weighted by Gasteiger charge is 2.18. The third-order valence-corrected chi connectivity index (χ3v) is 6.42. The Kier molecular flexibility index (Phi) is 9.26. The van der Waals surface area contributed by atoms with E-state index in [0.717, 1.165) is 29.3 Å². The van der Waals surface area contributed by atoms with Gasteiger partial charge >= 0.3 is 0 Å². The van der Waals surface area contributed by atoms with Crippen LogP contribution in [-0.4, -0.2) is 28.8 Å². The summed E-state index contributed by atoms with van der Waals surface area (Å²) in [4.78, 5) is 26.2. The first-order chi connectivity index (χ1) is 19.7. The van der Waals surface area contributed by atoms with E-state index in [0.29, 0.717) is 40.4 Å². The maximum absolute atomic E-state index is 13.5. The zero-order valence-electron chi connectivity index (χ0n) is 22.0. The molecule has 210 valence electrons. The number of nitrogens with one attached hydrogen (secondary N) is 1. The summed E-state index contributed by atoms with van der Waals surface area (Å²) in [5.74, 6) is -3.52. The lowest BCUT2D eigenvalue weighted by Crippen LogP contribution is -2.21. The first kappa shape index (κ1) is 29.2. The van der Waals surface area contributed by atoms with Gasteiger partial charge in [-0.15, -0.1) is 0 Å². The smallest absolute Gasteiger partial charge is 0.248 e. The van der Waals surface area contributed by atoms with Crippen LogP contribution >= 0.6 is 0 Å². The number of carbonyl (C=O) groups is 2. The standard InChI is InChI=1S/C21H19F2N3O.C10H7F2NO/c1-25-19(10-13-8-16(22)12-17(23)9-13)20-18(6-3-7-26-20)14-4-2-5-15(11-14)21(24)27;11-8-5-7-1-2-13(3-4-14)10(7)6-9(8)12/h2-9,11-12,19,25H,10H2,1H3,(H2,24,27);1-2,4-6H,3H2. The van der Waals surface area contributed by atoms with Crippen LogP contribution in [0.5, 0.6) is 0 Å². The maximum atomic E-state index is 13.5. The summed E-state index contributed by atoms with van der Waals surface area (Å²) < 4.78 is 54.3. The van der Waals surface area contributed by atoms with Gasteiger partial charge in [-0.25, -0.2) is 17.6 Å². The maximum Gasteiger partial charge on any atom is 0.248 e. The molecule has 5 aromatic rings. The van der Waals surface area contributed by atoms with Gasteiger partial charge in [-0.3, -0.25) is 9.78 Å². The summed E-state index contributed by atoms with van der Waals surface area (Å²) in [5, 5.41) is 3.74. The molecule has 2 aromatic heterocycles. The minimum Gasteiger partial charge on any atom is -0.366 e. The van der Waals surface area contributed by atoms with Crippen LogP contribution in [0.3, 0.4) is 0 Å². The number of amides is 1. The highest BCUT2D eigenvalue weighted by Crippen LogP contribution is 2.29. The topological polar surface area (TPSA) is 90.0 Å². The summed E-state index contributed by atoms with van der Waals surface area (Å²) in [6, 6.07) is 17.7. The predicted molar refractivity (Wildman–Crippen MR) is 148 cm³/mol. The number of pyridine rings is 1. The van der Waals surface area contributed by atoms with Crippen LogP contribution in [0.2, 0.25) is 0 Å². The number of aldehydes is 1. The van der Waals surface area contributed by atoms with Crippen LogP contribution < -0.4 is 11.1 Å². The highest BCUT2D eigenvalue weighted by molar-refractivity contribution is 5.94. The van der Waals surface area contributed by atoms with Crippen LogP contribution in [0.15, 0.2) is 85.2 Å². The summed E-state index contributed by atoms with van der Waals surface area (Å²) in [6.07, 6.45) is 4.34. The molecule has 0 saturated carbocycles. The van der Waals surface area contributed by atoms with Crippen LogP contribution in [0.4, 0.5) is 17.6 Å². The van der Waals surface area contributed by atoms with Crippen LogP contribution in [0.25, 0.3) is 22.0 Å². The number of hydrogen-bond acceptors (Lipinski definition) is 4. The van der Waals surface area contributed by atoms with Crippen molar-refractivity contribution in [1.82, 2.24) is 14.9 Å². The lowest BCUT2D eigenvalue weighted by atomic mass is 9.94. The van der Waals surface area contributed by atoms with E-state index in [1.54, 1.807) is 54.3 Å². The van der Waals surface area contributed by atoms with Crippen molar-refractivity contribution in [2.45, 2.75) is 19.0 Å². The van der Waals surface area contributed by atoms with Crippen molar-refractivity contribution in [2.24, 2.45) is 5.73 Å². The second-order valence-corrected chi connectivity index (χ2v) is 9.16. The van der Waals surface area contributed by atoms with Gasteiger partial charge in [-0.05, 0) is 67.1 Å². The molecule has 0 aliphatic carbocycles. The fraction of sp³-hybridized carbons (Fsp3) is 0.129. The normalized spacial score (nSPS) is 11.5. The number of benzene rings is 3. The quantitative estimate of drug-likeness (QED) is 0.186. The molecule has 1 unspecified atom stereocenters. The number of fused-ring (bicyclic) bond motifs is 1. The Morgan fingerprint density at radius 3 is 2.39 bits per heavy atom. The van der Waals surface area contributed by atoms with E-state index in [9.17, 15) is 27.2 Å². The molecule has 10 heteroatoms. The third-order valence-electron chi connectivity index (χ3n) is 6.42. The average molecular weight is 563 g/mol. The first-order valence-electron chi connectivity index (χ1n) is 12.5. The van der Waals surface area contributed by atoms with Gasteiger partial charge < -0.3 is 20.4 Å². The molecule has 0 aliphatic heterocycles. The number of likely N-dealkylation sites (N-methyl/N-ethyl adjacent to an activating group) is 1. The second-order valence-electron chi connectivity index (χ2n) is 9.16. The Hall–Kier alpha value is -4.83. The molecule has 0 radical (unpaired) electrons. The SMILES string of the molecule is CNC(Cc1cc(F)cc(F)c1)c1ncccc1-c1cccc(C(N)=O)c1.O=CCn1ccc2cc(F)c(F)cc21. The molecule has 41 heavy (non-hydrogen) atoms. The Morgan fingerprint density at radius 1 is 0.976 bits per heavy atom. The Labute approximate surface area is 233 Å². The van der Waals surface area contributed by atoms with Crippen molar-refractivity contribution in [3.8, 4) is 11.1 Å². The average Bonchev–Trinajstić information content (AvgIpc) is 3.33. The van der Waals surface area contributed by atoms with E-state index in [4.69, 9.17) is 5.73 Å². The monoisotopic (exact) mass is 562 g/mol. The van der Waals surface area contributed by atoms with E-state index in [-0.39, 0.29) is 12.6 Å². The predicted octanol–water partition coefficient (Wildman–Crippen LogP) is 5.75. The zero-order valence-corrected chi connectivity index (χ0v) is 22.0. The number of rotatable bonds is 8. The minimum atomic E-state index is -0.900. The summed E-state index contributed by atoms with van der Waals surface area (Å²) in [6.45, 7) is 0.147. The molecule has 0 saturated heterocycles. The summed E-state index contributed by atoms with van der Waals surface area (Å²) in [5.41, 5.74) is 9.14. The van der Waals surface area contributed by atoms with E-state index in [1.807, 2.05) is 12.1 Å². The van der Waals surface area contributed by atoms with Gasteiger partial charge in [0.15, 0.2) is 11.6 Å². The molecule has 1 atom stereocenters. The summed E-state index contributed by atoms with van der Waals surface area (Å²) >= 11 is 0. The third kappa shape index (κ3) is 7.03. The van der Waals surface area contributed by atoms with Crippen LogP contribution in [0, 0.1) is 23.3 Å². The minimum absolute atomic E-state index is 0.147. The number of aromatic nitrogens is 2. The fourth-order valence-electron chi connectivity index (χ4n) is 4.50. The lowest BCUT2D eigenvalue weighted by Gasteiger charge is -2.19. The molecule has 0 fully saturated rings. The van der Waals surface area contributed by atoms with Gasteiger partial charge in [0.2, 0.25) is 5.91 Å². The molecule has 5 rings (SSSR count). The van der Waals surface area contributed by atoms with Gasteiger partial charge in [0.25, 0.3) is 0 Å². The number of halogens is 4. The van der Waals surface area contributed by atoms with Gasteiger partial charge in [-0.1, -0.05) is 18.2 Å². The molecular formula is C31H26F4N4O2. The number of carbonyl (C=O) groups excluding carboxylic acids is 2. The number of primary amides is 1. The van der Waals surface area contributed by atoms with Crippen molar-refractivity contribution in [3.63, 3.8) is 0 Å². The zero-order chi connectivity index (χ0) is 29.5. The Morgan fingerprint density at radius 2 is 1.71 bits per heavy atom. The number of nitrogens with zero attached hydrogens (tertiary/aromatic N) is 2. The fourth-order valence-corrected chi connectivity index (χ4v) is 4.50. The largest absolute Gasteiger partial charge is 0.366 e. The van der Waals surface area contributed by atoms with E-state index < -0.39 is 29.2 Å². The van der Waals surface area contributed by atoms with E-state index >= 15 is 0 Å². The highest BCUT2D eigenvalue weighted by atomic mass is 19.2. The molecule has 0 spiro atoms. The van der Waals surface area contributed by atoms with Crippen molar-refractivity contribution in [2.75, 3.05) is 7.05 Å². The van der Waals surface area contributed by atoms with Crippen LogP contribution in [-0.2, 0) is 17.8 Å². The van der Waals surface area contributed by atoms with Gasteiger partial charge in [-0.2, -0.15) is 0 Å². The first-order valence-corrected chi connectivity index (χ1v) is 12.5. The molecule has 0 aliphatic rings. The van der Waals surface area contributed by atoms with Crippen molar-refractivity contribution in [3.05, 3.63) is 125 Å². The molecule has 1 amide bonds. The van der Waals surface area contributed by atoms with E-state index in [1.165, 1.54) is 12.1 Å². The number of hydrogen-bond donors (Lipinski definition) is 2. The van der Waals surface area contributed by atoms with Gasteiger partial charge in [0.1, 0.15) is 17.9 Å².